The van der Waals surface area contributed by atoms with Crippen LogP contribution in [-0.4, -0.2) is 0 Å². The summed E-state index contributed by atoms with van der Waals surface area (Å²) < 4.78 is 0. The van der Waals surface area contributed by atoms with Crippen LogP contribution >= 0.6 is 0 Å². The van der Waals surface area contributed by atoms with Gasteiger partial charge in [-0.05, 0) is 43.8 Å². The molecule has 0 aromatic carbocycles. The van der Waals surface area contributed by atoms with Crippen molar-refractivity contribution >= 4 is 0 Å². The van der Waals surface area contributed by atoms with Crippen LogP contribution < -0.4 is 0 Å². The largest absolute Gasteiger partial charge is 0.0842 e. The molecule has 0 radical (unpaired) electrons. The maximum atomic E-state index is 2.34. The van der Waals surface area contributed by atoms with Crippen LogP contribution in [0.2, 0.25) is 0 Å². The van der Waals surface area contributed by atoms with Gasteiger partial charge in [0.05, 0.1) is 0 Å². The van der Waals surface area contributed by atoms with Crippen LogP contribution in [0.25, 0.3) is 0 Å². The van der Waals surface area contributed by atoms with E-state index in [0.29, 0.717) is 0 Å². The molecule has 2 aliphatic rings. The topological polar surface area (TPSA) is 0 Å². The Kier molecular flexibility index (Phi) is 2.49. The van der Waals surface area contributed by atoms with E-state index >= 15 is 0 Å². The van der Waals surface area contributed by atoms with E-state index in [1.54, 1.807) is 11.1 Å². The van der Waals surface area contributed by atoms with Gasteiger partial charge in [0.15, 0.2) is 0 Å². The van der Waals surface area contributed by atoms with E-state index in [9.17, 15) is 0 Å². The summed E-state index contributed by atoms with van der Waals surface area (Å²) in [4.78, 5) is 0. The van der Waals surface area contributed by atoms with Crippen LogP contribution in [-0.2, 0) is 0 Å². The van der Waals surface area contributed by atoms with Gasteiger partial charge in [0.25, 0.3) is 0 Å². The molecule has 0 amide bonds. The maximum absolute atomic E-state index is 2.34. The molecule has 0 bridgehead atoms. The second-order valence-electron chi connectivity index (χ2n) is 3.82. The molecular formula is C13H16. The first-order valence-electron chi connectivity index (χ1n) is 5.09. The Hall–Kier alpha value is -1.04. The zero-order chi connectivity index (χ0) is 9.10. The number of rotatable bonds is 1. The highest BCUT2D eigenvalue weighted by atomic mass is 14.1. The summed E-state index contributed by atoms with van der Waals surface area (Å²) in [5.74, 6) is 0. The van der Waals surface area contributed by atoms with E-state index in [-0.39, 0.29) is 0 Å². The average molecular weight is 172 g/mol. The minimum Gasteiger partial charge on any atom is -0.0842 e. The molecule has 0 heterocycles. The highest BCUT2D eigenvalue weighted by Crippen LogP contribution is 2.28. The van der Waals surface area contributed by atoms with Crippen LogP contribution in [0.4, 0.5) is 0 Å². The third kappa shape index (κ3) is 2.00. The lowest BCUT2D eigenvalue weighted by molar-refractivity contribution is 0.890. The summed E-state index contributed by atoms with van der Waals surface area (Å²) in [6.07, 6.45) is 16.3. The fourth-order valence-electron chi connectivity index (χ4n) is 1.98. The van der Waals surface area contributed by atoms with Gasteiger partial charge in [-0.1, -0.05) is 36.0 Å². The molecule has 13 heavy (non-hydrogen) atoms. The van der Waals surface area contributed by atoms with Crippen molar-refractivity contribution in [3.63, 3.8) is 0 Å². The summed E-state index contributed by atoms with van der Waals surface area (Å²) in [6.45, 7) is 2.19. The minimum atomic E-state index is 1.21. The van der Waals surface area contributed by atoms with E-state index in [0.717, 1.165) is 0 Å². The monoisotopic (exact) mass is 172 g/mol. The Bertz CT molecular complexity index is 311. The van der Waals surface area contributed by atoms with Crippen LogP contribution in [0.3, 0.4) is 0 Å². The Balaban J connectivity index is 2.20. The average Bonchev–Trinajstić information content (AvgIpc) is 2.19. The second-order valence-corrected chi connectivity index (χ2v) is 3.82. The van der Waals surface area contributed by atoms with Crippen molar-refractivity contribution < 1.29 is 0 Å². The molecule has 0 heteroatoms. The standard InChI is InChI=1S/C13H16/c1-11-6-5-9-13(10-11)12-7-3-2-4-8-12/h2-3,6-7,10H,4-5,8-9H2,1H3. The Morgan fingerprint density at radius 2 is 1.92 bits per heavy atom. The predicted octanol–water partition coefficient (Wildman–Crippen LogP) is 3.93. The van der Waals surface area contributed by atoms with Crippen molar-refractivity contribution in [3.8, 4) is 0 Å². The van der Waals surface area contributed by atoms with Crippen molar-refractivity contribution in [1.29, 1.82) is 0 Å². The molecule has 68 valence electrons. The van der Waals surface area contributed by atoms with Gasteiger partial charge in [-0.2, -0.15) is 0 Å². The number of allylic oxidation sites excluding steroid dienone is 8. The van der Waals surface area contributed by atoms with Gasteiger partial charge in [-0.15, -0.1) is 0 Å². The molecule has 0 saturated heterocycles. The Morgan fingerprint density at radius 3 is 2.62 bits per heavy atom. The molecule has 2 rings (SSSR count). The molecule has 0 N–H and O–H groups in total. The SMILES string of the molecule is CC1=CCCC(C2=CC=CCC2)=C1. The van der Waals surface area contributed by atoms with E-state index in [1.165, 1.54) is 31.3 Å². The van der Waals surface area contributed by atoms with Crippen molar-refractivity contribution in [2.75, 3.05) is 0 Å². The van der Waals surface area contributed by atoms with Crippen LogP contribution in [0, 0.1) is 0 Å². The molecule has 0 unspecified atom stereocenters. The van der Waals surface area contributed by atoms with Gasteiger partial charge in [0.1, 0.15) is 0 Å². The molecule has 2 aliphatic carbocycles. The van der Waals surface area contributed by atoms with Gasteiger partial charge in [-0.3, -0.25) is 0 Å². The molecule has 0 aliphatic heterocycles. The molecule has 0 atom stereocenters. The summed E-state index contributed by atoms with van der Waals surface area (Å²) >= 11 is 0. The molecule has 0 spiro atoms. The zero-order valence-corrected chi connectivity index (χ0v) is 8.22. The van der Waals surface area contributed by atoms with E-state index in [2.05, 4.69) is 37.3 Å². The minimum absolute atomic E-state index is 1.21. The zero-order valence-electron chi connectivity index (χ0n) is 8.22. The highest BCUT2D eigenvalue weighted by Gasteiger charge is 2.08. The van der Waals surface area contributed by atoms with Gasteiger partial charge in [0, 0.05) is 0 Å². The first kappa shape index (κ1) is 8.55. The Labute approximate surface area is 80.3 Å². The predicted molar refractivity (Wildman–Crippen MR) is 57.5 cm³/mol. The van der Waals surface area contributed by atoms with E-state index < -0.39 is 0 Å². The second kappa shape index (κ2) is 3.78. The smallest absolute Gasteiger partial charge is 0.0241 e. The third-order valence-electron chi connectivity index (χ3n) is 2.71. The molecule has 0 saturated carbocycles. The van der Waals surface area contributed by atoms with Gasteiger partial charge < -0.3 is 0 Å². The van der Waals surface area contributed by atoms with Crippen molar-refractivity contribution in [2.24, 2.45) is 0 Å². The molecule has 0 nitrogen and oxygen atoms in total. The third-order valence-corrected chi connectivity index (χ3v) is 2.71. The van der Waals surface area contributed by atoms with Crippen LogP contribution in [0.5, 0.6) is 0 Å². The lowest BCUT2D eigenvalue weighted by Gasteiger charge is -2.16. The van der Waals surface area contributed by atoms with Crippen molar-refractivity contribution in [1.82, 2.24) is 0 Å². The maximum Gasteiger partial charge on any atom is -0.0241 e. The summed E-state index contributed by atoms with van der Waals surface area (Å²) in [6, 6.07) is 0. The highest BCUT2D eigenvalue weighted by molar-refractivity contribution is 5.42. The van der Waals surface area contributed by atoms with E-state index in [1.807, 2.05) is 0 Å². The molecule has 0 aromatic heterocycles. The summed E-state index contributed by atoms with van der Waals surface area (Å²) in [5.41, 5.74) is 4.54. The molecule has 0 aromatic rings. The van der Waals surface area contributed by atoms with E-state index in [4.69, 9.17) is 0 Å². The van der Waals surface area contributed by atoms with Gasteiger partial charge in [0.2, 0.25) is 0 Å². The van der Waals surface area contributed by atoms with Crippen LogP contribution in [0.1, 0.15) is 32.6 Å². The number of hydrogen-bond acceptors (Lipinski definition) is 0. The molecular weight excluding hydrogens is 156 g/mol. The van der Waals surface area contributed by atoms with Gasteiger partial charge in [-0.25, -0.2) is 0 Å². The Morgan fingerprint density at radius 1 is 1.08 bits per heavy atom. The first-order chi connectivity index (χ1) is 6.36. The lowest BCUT2D eigenvalue weighted by atomic mass is 9.90. The number of hydrogen-bond donors (Lipinski definition) is 0. The van der Waals surface area contributed by atoms with Crippen LogP contribution in [0.15, 0.2) is 47.1 Å². The quantitative estimate of drug-likeness (QED) is 0.562. The first-order valence-corrected chi connectivity index (χ1v) is 5.09. The molecule has 0 fully saturated rings. The van der Waals surface area contributed by atoms with Crippen molar-refractivity contribution in [3.05, 3.63) is 47.1 Å². The fraction of sp³-hybridized carbons (Fsp3) is 0.385. The lowest BCUT2D eigenvalue weighted by Crippen LogP contribution is -1.96. The fourth-order valence-corrected chi connectivity index (χ4v) is 1.98. The summed E-state index contributed by atoms with van der Waals surface area (Å²) in [7, 11) is 0. The van der Waals surface area contributed by atoms with Crippen molar-refractivity contribution in [2.45, 2.75) is 32.6 Å². The normalized spacial score (nSPS) is 22.1. The summed E-state index contributed by atoms with van der Waals surface area (Å²) in [5, 5.41) is 0. The van der Waals surface area contributed by atoms with Gasteiger partial charge >= 0.3 is 0 Å².